The van der Waals surface area contributed by atoms with Gasteiger partial charge in [-0.2, -0.15) is 0 Å². The Kier molecular flexibility index (Phi) is 3.69. The van der Waals surface area contributed by atoms with Crippen molar-refractivity contribution in [1.29, 1.82) is 0 Å². The van der Waals surface area contributed by atoms with Crippen LogP contribution in [0.25, 0.3) is 11.0 Å². The van der Waals surface area contributed by atoms with Gasteiger partial charge in [-0.05, 0) is 12.1 Å². The summed E-state index contributed by atoms with van der Waals surface area (Å²) in [6.07, 6.45) is -0.494. The Labute approximate surface area is 124 Å². The first kappa shape index (κ1) is 14.7. The molecule has 1 aliphatic heterocycles. The van der Waals surface area contributed by atoms with E-state index < -0.39 is 30.8 Å². The number of hydrogen-bond donors (Lipinski definition) is 3. The molecule has 0 bridgehead atoms. The Morgan fingerprint density at radius 3 is 2.91 bits per heavy atom. The van der Waals surface area contributed by atoms with Crippen LogP contribution in [0.15, 0.2) is 29.1 Å². The molecule has 1 aromatic carbocycles. The van der Waals surface area contributed by atoms with E-state index in [0.717, 1.165) is 11.0 Å². The standard InChI is InChI=1S/C14H16F2N4O2/c15-14(16)7-10(18-8-14)12(21)17-5-6-20-11-4-2-1-3-9(11)19-13(20)22/h1-4,10,18H,5-8H2,(H,17,21)(H,19,22). The summed E-state index contributed by atoms with van der Waals surface area (Å²) in [5.41, 5.74) is 1.20. The number of aromatic amines is 1. The topological polar surface area (TPSA) is 78.9 Å². The fourth-order valence-electron chi connectivity index (χ4n) is 2.64. The quantitative estimate of drug-likeness (QED) is 0.767. The molecule has 3 rings (SSSR count). The SMILES string of the molecule is O=C(NCCn1c(=O)[nH]c2ccccc21)C1CC(F)(F)CN1. The Balaban J connectivity index is 1.60. The highest BCUT2D eigenvalue weighted by Gasteiger charge is 2.42. The smallest absolute Gasteiger partial charge is 0.326 e. The first-order valence-corrected chi connectivity index (χ1v) is 7.03. The van der Waals surface area contributed by atoms with Crippen molar-refractivity contribution in [3.8, 4) is 0 Å². The first-order chi connectivity index (χ1) is 10.5. The molecular weight excluding hydrogens is 294 g/mol. The molecule has 8 heteroatoms. The number of fused-ring (bicyclic) bond motifs is 1. The molecule has 2 aromatic rings. The van der Waals surface area contributed by atoms with E-state index >= 15 is 0 Å². The summed E-state index contributed by atoms with van der Waals surface area (Å²) >= 11 is 0. The summed E-state index contributed by atoms with van der Waals surface area (Å²) in [6, 6.07) is 6.34. The highest BCUT2D eigenvalue weighted by molar-refractivity contribution is 5.82. The third-order valence-corrected chi connectivity index (χ3v) is 3.74. The van der Waals surface area contributed by atoms with Crippen LogP contribution >= 0.6 is 0 Å². The number of hydrogen-bond acceptors (Lipinski definition) is 3. The van der Waals surface area contributed by atoms with Gasteiger partial charge in [0.2, 0.25) is 5.91 Å². The molecule has 1 atom stereocenters. The predicted octanol–water partition coefficient (Wildman–Crippen LogP) is 0.443. The van der Waals surface area contributed by atoms with Gasteiger partial charge in [-0.1, -0.05) is 12.1 Å². The van der Waals surface area contributed by atoms with Gasteiger partial charge in [-0.3, -0.25) is 14.7 Å². The van der Waals surface area contributed by atoms with Crippen LogP contribution in [0.3, 0.4) is 0 Å². The molecule has 0 spiro atoms. The van der Waals surface area contributed by atoms with E-state index in [2.05, 4.69) is 15.6 Å². The summed E-state index contributed by atoms with van der Waals surface area (Å²) in [4.78, 5) is 26.4. The zero-order chi connectivity index (χ0) is 15.7. The van der Waals surface area contributed by atoms with Gasteiger partial charge in [0.05, 0.1) is 23.6 Å². The molecule has 1 fully saturated rings. The van der Waals surface area contributed by atoms with Crippen LogP contribution in [0.2, 0.25) is 0 Å². The third-order valence-electron chi connectivity index (χ3n) is 3.74. The number of carbonyl (C=O) groups excluding carboxylic acids is 1. The number of alkyl halides is 2. The summed E-state index contributed by atoms with van der Waals surface area (Å²) < 4.78 is 27.6. The number of rotatable bonds is 4. The molecule has 1 amide bonds. The van der Waals surface area contributed by atoms with Crippen LogP contribution in [0, 0.1) is 0 Å². The van der Waals surface area contributed by atoms with Crippen molar-refractivity contribution < 1.29 is 13.6 Å². The van der Waals surface area contributed by atoms with Crippen molar-refractivity contribution in [3.05, 3.63) is 34.7 Å². The summed E-state index contributed by atoms with van der Waals surface area (Å²) in [6.45, 7) is -0.00493. The van der Waals surface area contributed by atoms with Crippen LogP contribution in [0.5, 0.6) is 0 Å². The van der Waals surface area contributed by atoms with E-state index in [0.29, 0.717) is 0 Å². The Morgan fingerprint density at radius 1 is 1.41 bits per heavy atom. The van der Waals surface area contributed by atoms with Crippen LogP contribution in [-0.4, -0.2) is 40.5 Å². The van der Waals surface area contributed by atoms with Crippen LogP contribution < -0.4 is 16.3 Å². The van der Waals surface area contributed by atoms with Gasteiger partial charge in [0.15, 0.2) is 0 Å². The fourth-order valence-corrected chi connectivity index (χ4v) is 2.64. The number of nitrogens with one attached hydrogen (secondary N) is 3. The van der Waals surface area contributed by atoms with E-state index in [-0.39, 0.29) is 18.8 Å². The number of nitrogens with zero attached hydrogens (tertiary/aromatic N) is 1. The lowest BCUT2D eigenvalue weighted by atomic mass is 10.2. The van der Waals surface area contributed by atoms with E-state index in [1.807, 2.05) is 12.1 Å². The Bertz CT molecular complexity index is 753. The lowest BCUT2D eigenvalue weighted by Crippen LogP contribution is -2.42. The molecule has 1 saturated heterocycles. The summed E-state index contributed by atoms with van der Waals surface area (Å²) in [5.74, 6) is -3.31. The highest BCUT2D eigenvalue weighted by Crippen LogP contribution is 2.24. The largest absolute Gasteiger partial charge is 0.353 e. The van der Waals surface area contributed by atoms with Crippen molar-refractivity contribution in [2.75, 3.05) is 13.1 Å². The van der Waals surface area contributed by atoms with Crippen LogP contribution in [-0.2, 0) is 11.3 Å². The minimum Gasteiger partial charge on any atom is -0.353 e. The van der Waals surface area contributed by atoms with Gasteiger partial charge in [0.25, 0.3) is 5.92 Å². The second-order valence-electron chi connectivity index (χ2n) is 5.38. The number of H-pyrrole nitrogens is 1. The second kappa shape index (κ2) is 5.53. The van der Waals surface area contributed by atoms with Crippen molar-refractivity contribution in [3.63, 3.8) is 0 Å². The van der Waals surface area contributed by atoms with Crippen LogP contribution in [0.1, 0.15) is 6.42 Å². The lowest BCUT2D eigenvalue weighted by Gasteiger charge is -2.11. The van der Waals surface area contributed by atoms with E-state index in [1.165, 1.54) is 4.57 Å². The molecule has 6 nitrogen and oxygen atoms in total. The fraction of sp³-hybridized carbons (Fsp3) is 0.429. The monoisotopic (exact) mass is 310 g/mol. The van der Waals surface area contributed by atoms with Crippen molar-refractivity contribution in [2.45, 2.75) is 24.9 Å². The lowest BCUT2D eigenvalue weighted by molar-refractivity contribution is -0.123. The molecule has 3 N–H and O–H groups in total. The molecule has 2 heterocycles. The van der Waals surface area contributed by atoms with Gasteiger partial charge < -0.3 is 10.3 Å². The number of aromatic nitrogens is 2. The second-order valence-corrected chi connectivity index (χ2v) is 5.38. The molecule has 1 aromatic heterocycles. The maximum atomic E-state index is 13.0. The Morgan fingerprint density at radius 2 is 2.18 bits per heavy atom. The number of carbonyl (C=O) groups is 1. The number of amides is 1. The van der Waals surface area contributed by atoms with Gasteiger partial charge in [0.1, 0.15) is 0 Å². The van der Waals surface area contributed by atoms with Gasteiger partial charge in [-0.15, -0.1) is 0 Å². The maximum Gasteiger partial charge on any atom is 0.326 e. The van der Waals surface area contributed by atoms with E-state index in [9.17, 15) is 18.4 Å². The van der Waals surface area contributed by atoms with Crippen molar-refractivity contribution in [2.24, 2.45) is 0 Å². The summed E-state index contributed by atoms with van der Waals surface area (Å²) in [5, 5.41) is 5.08. The van der Waals surface area contributed by atoms with E-state index in [1.54, 1.807) is 12.1 Å². The number of benzene rings is 1. The number of halogens is 2. The molecule has 0 saturated carbocycles. The number of imidazole rings is 1. The van der Waals surface area contributed by atoms with Crippen molar-refractivity contribution in [1.82, 2.24) is 20.2 Å². The molecule has 0 aliphatic carbocycles. The predicted molar refractivity (Wildman–Crippen MR) is 76.9 cm³/mol. The molecule has 118 valence electrons. The Hall–Kier alpha value is -2.22. The molecule has 1 aliphatic rings. The zero-order valence-electron chi connectivity index (χ0n) is 11.7. The van der Waals surface area contributed by atoms with Gasteiger partial charge in [0, 0.05) is 19.5 Å². The first-order valence-electron chi connectivity index (χ1n) is 7.03. The average Bonchev–Trinajstić information content (AvgIpc) is 2.99. The maximum absolute atomic E-state index is 13.0. The van der Waals surface area contributed by atoms with Crippen molar-refractivity contribution >= 4 is 16.9 Å². The van der Waals surface area contributed by atoms with Gasteiger partial charge in [-0.25, -0.2) is 13.6 Å². The molecule has 0 radical (unpaired) electrons. The normalized spacial score (nSPS) is 20.4. The number of para-hydroxylation sites is 2. The minimum atomic E-state index is -2.84. The van der Waals surface area contributed by atoms with Gasteiger partial charge >= 0.3 is 5.69 Å². The minimum absolute atomic E-state index is 0.199. The molecular formula is C14H16F2N4O2. The molecule has 1 unspecified atom stereocenters. The van der Waals surface area contributed by atoms with Crippen LogP contribution in [0.4, 0.5) is 8.78 Å². The highest BCUT2D eigenvalue weighted by atomic mass is 19.3. The summed E-state index contributed by atoms with van der Waals surface area (Å²) in [7, 11) is 0. The zero-order valence-corrected chi connectivity index (χ0v) is 11.7. The average molecular weight is 310 g/mol. The third kappa shape index (κ3) is 2.87. The molecule has 22 heavy (non-hydrogen) atoms. The van der Waals surface area contributed by atoms with E-state index in [4.69, 9.17) is 0 Å².